The van der Waals surface area contributed by atoms with E-state index in [1.165, 1.54) is 0 Å². The first-order chi connectivity index (χ1) is 15.9. The Labute approximate surface area is 194 Å². The maximum absolute atomic E-state index is 13.2. The molecule has 1 unspecified atom stereocenters. The van der Waals surface area contributed by atoms with Gasteiger partial charge in [0.1, 0.15) is 19.3 Å². The van der Waals surface area contributed by atoms with Gasteiger partial charge in [0.05, 0.1) is 0 Å². The average Bonchev–Trinajstić information content (AvgIpc) is 2.86. The van der Waals surface area contributed by atoms with Gasteiger partial charge >= 0.3 is 0 Å². The van der Waals surface area contributed by atoms with Crippen molar-refractivity contribution >= 4 is 17.6 Å². The highest BCUT2D eigenvalue weighted by atomic mass is 16.6. The van der Waals surface area contributed by atoms with Gasteiger partial charge in [-0.25, -0.2) is 0 Å². The Morgan fingerprint density at radius 3 is 2.24 bits per heavy atom. The zero-order valence-corrected chi connectivity index (χ0v) is 19.1. The fourth-order valence-electron chi connectivity index (χ4n) is 4.32. The number of fused-ring (bicyclic) bond motifs is 1. The summed E-state index contributed by atoms with van der Waals surface area (Å²) in [6.45, 7) is 5.81. The number of benzene rings is 2. The van der Waals surface area contributed by atoms with Gasteiger partial charge in [0.2, 0.25) is 5.91 Å². The first-order valence-corrected chi connectivity index (χ1v) is 11.5. The topological polar surface area (TPSA) is 84.9 Å². The standard InChI is InChI=1S/C26H30N2O5/c1-17(2)23(27-25(30)19-6-4-3-5-7-19)26(31)28-12-10-18(11-13-28)24(29)20-8-9-21-22(16-20)33-15-14-32-21/h3-9,16-18,23H,10-15H2,1-2H3,(H,27,30). The molecular weight excluding hydrogens is 420 g/mol. The number of hydrogen-bond donors (Lipinski definition) is 1. The average molecular weight is 451 g/mol. The summed E-state index contributed by atoms with van der Waals surface area (Å²) >= 11 is 0. The smallest absolute Gasteiger partial charge is 0.251 e. The van der Waals surface area contributed by atoms with Crippen LogP contribution in [0.2, 0.25) is 0 Å². The highest BCUT2D eigenvalue weighted by molar-refractivity contribution is 5.99. The van der Waals surface area contributed by atoms with Crippen LogP contribution < -0.4 is 14.8 Å². The van der Waals surface area contributed by atoms with Crippen molar-refractivity contribution < 1.29 is 23.9 Å². The molecule has 7 nitrogen and oxygen atoms in total. The number of ether oxygens (including phenoxy) is 2. The summed E-state index contributed by atoms with van der Waals surface area (Å²) in [5.74, 6) is 0.780. The number of likely N-dealkylation sites (tertiary alicyclic amines) is 1. The summed E-state index contributed by atoms with van der Waals surface area (Å²) in [7, 11) is 0. The van der Waals surface area contributed by atoms with Crippen LogP contribution in [0.4, 0.5) is 0 Å². The molecule has 0 radical (unpaired) electrons. The molecule has 0 saturated carbocycles. The summed E-state index contributed by atoms with van der Waals surface area (Å²) in [5, 5.41) is 2.90. The third-order valence-corrected chi connectivity index (χ3v) is 6.26. The number of piperidine rings is 1. The van der Waals surface area contributed by atoms with E-state index >= 15 is 0 Å². The van der Waals surface area contributed by atoms with E-state index in [0.29, 0.717) is 61.8 Å². The largest absolute Gasteiger partial charge is 0.486 e. The van der Waals surface area contributed by atoms with Crippen LogP contribution in [0.1, 0.15) is 47.4 Å². The Kier molecular flexibility index (Phi) is 6.96. The molecule has 1 saturated heterocycles. The molecule has 1 fully saturated rings. The summed E-state index contributed by atoms with van der Waals surface area (Å²) in [6.07, 6.45) is 1.19. The summed E-state index contributed by atoms with van der Waals surface area (Å²) in [5.41, 5.74) is 1.14. The molecule has 2 amide bonds. The number of hydrogen-bond acceptors (Lipinski definition) is 5. The van der Waals surface area contributed by atoms with Gasteiger partial charge in [-0.3, -0.25) is 14.4 Å². The van der Waals surface area contributed by atoms with E-state index in [4.69, 9.17) is 9.47 Å². The number of Topliss-reactive ketones (excluding diaryl/α,β-unsaturated/α-hetero) is 1. The van der Waals surface area contributed by atoms with Gasteiger partial charge in [-0.05, 0) is 49.1 Å². The second-order valence-electron chi connectivity index (χ2n) is 8.88. The Balaban J connectivity index is 1.36. The number of rotatable bonds is 6. The van der Waals surface area contributed by atoms with Crippen LogP contribution in [0.5, 0.6) is 11.5 Å². The molecule has 0 bridgehead atoms. The quantitative estimate of drug-likeness (QED) is 0.683. The Bertz CT molecular complexity index is 1010. The van der Waals surface area contributed by atoms with E-state index in [2.05, 4.69) is 5.32 Å². The Morgan fingerprint density at radius 2 is 1.58 bits per heavy atom. The molecule has 33 heavy (non-hydrogen) atoms. The van der Waals surface area contributed by atoms with Gasteiger partial charge in [-0.15, -0.1) is 0 Å². The van der Waals surface area contributed by atoms with Crippen molar-refractivity contribution in [3.8, 4) is 11.5 Å². The van der Waals surface area contributed by atoms with E-state index in [1.54, 1.807) is 47.4 Å². The van der Waals surface area contributed by atoms with Gasteiger partial charge < -0.3 is 19.7 Å². The molecule has 174 valence electrons. The number of nitrogens with zero attached hydrogens (tertiary/aromatic N) is 1. The van der Waals surface area contributed by atoms with Gasteiger partial charge in [0.15, 0.2) is 17.3 Å². The Hall–Kier alpha value is -3.35. The predicted octanol–water partition coefficient (Wildman–Crippen LogP) is 3.33. The van der Waals surface area contributed by atoms with Crippen LogP contribution in [-0.2, 0) is 4.79 Å². The molecule has 7 heteroatoms. The molecular formula is C26H30N2O5. The normalized spacial score (nSPS) is 16.9. The Morgan fingerprint density at radius 1 is 0.909 bits per heavy atom. The lowest BCUT2D eigenvalue weighted by molar-refractivity contribution is -0.135. The van der Waals surface area contributed by atoms with Gasteiger partial charge in [-0.1, -0.05) is 32.0 Å². The second-order valence-corrected chi connectivity index (χ2v) is 8.88. The molecule has 1 atom stereocenters. The highest BCUT2D eigenvalue weighted by Gasteiger charge is 2.33. The maximum atomic E-state index is 13.2. The van der Waals surface area contributed by atoms with Crippen molar-refractivity contribution in [3.05, 3.63) is 59.7 Å². The van der Waals surface area contributed by atoms with Crippen molar-refractivity contribution in [2.75, 3.05) is 26.3 Å². The van der Waals surface area contributed by atoms with E-state index in [-0.39, 0.29) is 29.4 Å². The first-order valence-electron chi connectivity index (χ1n) is 11.5. The molecule has 2 aromatic rings. The lowest BCUT2D eigenvalue weighted by atomic mass is 9.88. The lowest BCUT2D eigenvalue weighted by Gasteiger charge is -2.35. The van der Waals surface area contributed by atoms with Crippen LogP contribution in [0.15, 0.2) is 48.5 Å². The zero-order chi connectivity index (χ0) is 23.4. The van der Waals surface area contributed by atoms with Crippen molar-refractivity contribution in [3.63, 3.8) is 0 Å². The van der Waals surface area contributed by atoms with Crippen molar-refractivity contribution in [2.45, 2.75) is 32.7 Å². The fraction of sp³-hybridized carbons (Fsp3) is 0.423. The number of ketones is 1. The fourth-order valence-corrected chi connectivity index (χ4v) is 4.32. The van der Waals surface area contributed by atoms with Gasteiger partial charge in [0, 0.05) is 30.1 Å². The van der Waals surface area contributed by atoms with Gasteiger partial charge in [0.25, 0.3) is 5.91 Å². The molecule has 2 aliphatic rings. The zero-order valence-electron chi connectivity index (χ0n) is 19.1. The van der Waals surface area contributed by atoms with E-state index in [9.17, 15) is 14.4 Å². The molecule has 4 rings (SSSR count). The number of nitrogens with one attached hydrogen (secondary N) is 1. The number of carbonyl (C=O) groups excluding carboxylic acids is 3. The minimum absolute atomic E-state index is 0.0535. The summed E-state index contributed by atoms with van der Waals surface area (Å²) in [4.78, 5) is 40.6. The number of amides is 2. The molecule has 2 aliphatic heterocycles. The molecule has 1 N–H and O–H groups in total. The highest BCUT2D eigenvalue weighted by Crippen LogP contribution is 2.32. The maximum Gasteiger partial charge on any atom is 0.251 e. The van der Waals surface area contributed by atoms with Crippen molar-refractivity contribution in [1.29, 1.82) is 0 Å². The van der Waals surface area contributed by atoms with Crippen LogP contribution in [0.25, 0.3) is 0 Å². The summed E-state index contributed by atoms with van der Waals surface area (Å²) in [6, 6.07) is 13.6. The SMILES string of the molecule is CC(C)C(NC(=O)c1ccccc1)C(=O)N1CCC(C(=O)c2ccc3c(c2)OCCO3)CC1. The number of carbonyl (C=O) groups is 3. The third-order valence-electron chi connectivity index (χ3n) is 6.26. The lowest BCUT2D eigenvalue weighted by Crippen LogP contribution is -2.53. The molecule has 2 aromatic carbocycles. The van der Waals surface area contributed by atoms with Crippen LogP contribution in [-0.4, -0.2) is 54.8 Å². The van der Waals surface area contributed by atoms with Crippen molar-refractivity contribution in [1.82, 2.24) is 10.2 Å². The van der Waals surface area contributed by atoms with E-state index in [1.807, 2.05) is 19.9 Å². The van der Waals surface area contributed by atoms with Crippen LogP contribution in [0.3, 0.4) is 0 Å². The first kappa shape index (κ1) is 22.8. The molecule has 0 aliphatic carbocycles. The van der Waals surface area contributed by atoms with Gasteiger partial charge in [-0.2, -0.15) is 0 Å². The minimum Gasteiger partial charge on any atom is -0.486 e. The molecule has 2 heterocycles. The monoisotopic (exact) mass is 450 g/mol. The minimum atomic E-state index is -0.609. The summed E-state index contributed by atoms with van der Waals surface area (Å²) < 4.78 is 11.1. The predicted molar refractivity (Wildman–Crippen MR) is 124 cm³/mol. The third kappa shape index (κ3) is 5.18. The van der Waals surface area contributed by atoms with Crippen molar-refractivity contribution in [2.24, 2.45) is 11.8 Å². The van der Waals surface area contributed by atoms with E-state index in [0.717, 1.165) is 0 Å². The van der Waals surface area contributed by atoms with E-state index < -0.39 is 6.04 Å². The second kappa shape index (κ2) is 10.1. The van der Waals surface area contributed by atoms with Crippen LogP contribution in [0, 0.1) is 11.8 Å². The van der Waals surface area contributed by atoms with Crippen LogP contribution >= 0.6 is 0 Å². The molecule has 0 spiro atoms. The molecule has 0 aromatic heterocycles.